The molecule has 0 saturated heterocycles. The van der Waals surface area contributed by atoms with E-state index in [-0.39, 0.29) is 20.1 Å². The van der Waals surface area contributed by atoms with Gasteiger partial charge in [0, 0.05) is 32.3 Å². The smallest absolute Gasteiger partial charge is 0 e. The molecule has 4 aromatic heterocycles. The number of imidazole rings is 1. The molecule has 9 rings (SSSR count). The van der Waals surface area contributed by atoms with Crippen LogP contribution in [0.5, 0.6) is 0 Å². The van der Waals surface area contributed by atoms with Gasteiger partial charge in [0.15, 0.2) is 0 Å². The van der Waals surface area contributed by atoms with Crippen molar-refractivity contribution in [1.82, 2.24) is 19.5 Å². The number of hydrogen-bond acceptors (Lipinski definition) is 4. The standard InChI is InChI=1S/C38H34N3O.C14H16GeN.Ir/c1-23(2)30-20-27(26-12-7-6-8-13-26)21-31(24(3)4)32(30)22-41-34-17-10-9-16-33(34)40-38(41)29-15-11-14-28-36-35(42-37(28)29)19-18-25(5)39-36;1-15(2,3)13-9-10-14(16-11-13)12-7-5-4-6-8-12;/h6-14,16-21,23-24H,22H2,1-5H3;4-7,9-11H,1-3H3;/q2*-1;. The Morgan fingerprint density at radius 2 is 1.42 bits per heavy atom. The number of benzene rings is 5. The van der Waals surface area contributed by atoms with Crippen molar-refractivity contribution in [2.75, 3.05) is 0 Å². The number of aryl methyl sites for hydroxylation is 1. The van der Waals surface area contributed by atoms with Crippen molar-refractivity contribution >= 4 is 50.8 Å². The average Bonchev–Trinajstić information content (AvgIpc) is 3.79. The largest absolute Gasteiger partial charge is 0 e. The number of furan rings is 1. The van der Waals surface area contributed by atoms with Gasteiger partial charge < -0.3 is 8.98 Å². The second-order valence-electron chi connectivity index (χ2n) is 16.8. The van der Waals surface area contributed by atoms with Crippen molar-refractivity contribution in [3.05, 3.63) is 168 Å². The van der Waals surface area contributed by atoms with Gasteiger partial charge in [-0.05, 0) is 76.2 Å². The monoisotopic (exact) mass is 1010 g/mol. The van der Waals surface area contributed by atoms with Crippen molar-refractivity contribution in [2.45, 2.75) is 70.3 Å². The third-order valence-electron chi connectivity index (χ3n) is 10.9. The van der Waals surface area contributed by atoms with Crippen LogP contribution in [-0.4, -0.2) is 32.8 Å². The molecular weight excluding hydrogens is 961 g/mol. The van der Waals surface area contributed by atoms with Crippen LogP contribution in [0.3, 0.4) is 0 Å². The Morgan fingerprint density at radius 3 is 2.08 bits per heavy atom. The van der Waals surface area contributed by atoms with Crippen molar-refractivity contribution < 1.29 is 24.5 Å². The number of nitrogens with zero attached hydrogens (tertiary/aromatic N) is 4. The molecule has 0 unspecified atom stereocenters. The Hall–Kier alpha value is -5.14. The van der Waals surface area contributed by atoms with Crippen LogP contribution < -0.4 is 4.40 Å². The molecule has 0 aliphatic heterocycles. The van der Waals surface area contributed by atoms with Crippen LogP contribution in [0.15, 0.2) is 138 Å². The fourth-order valence-electron chi connectivity index (χ4n) is 7.73. The average molecular weight is 1010 g/mol. The van der Waals surface area contributed by atoms with Gasteiger partial charge in [0.2, 0.25) is 0 Å². The maximum atomic E-state index is 6.44. The Bertz CT molecular complexity index is 2830. The van der Waals surface area contributed by atoms with Gasteiger partial charge in [0.1, 0.15) is 5.58 Å². The summed E-state index contributed by atoms with van der Waals surface area (Å²) in [6.07, 6.45) is 2.04. The van der Waals surface area contributed by atoms with Crippen molar-refractivity contribution in [2.24, 2.45) is 0 Å². The van der Waals surface area contributed by atoms with E-state index in [0.717, 1.165) is 61.4 Å². The van der Waals surface area contributed by atoms with Crippen LogP contribution in [0.4, 0.5) is 0 Å². The van der Waals surface area contributed by atoms with E-state index in [1.54, 1.807) is 0 Å². The van der Waals surface area contributed by atoms with E-state index in [9.17, 15) is 0 Å². The molecule has 9 aromatic rings. The molecular formula is C52H50GeIrN4O-2. The summed E-state index contributed by atoms with van der Waals surface area (Å²) in [5.74, 6) is 8.72. The van der Waals surface area contributed by atoms with E-state index >= 15 is 0 Å². The Kier molecular flexibility index (Phi) is 12.5. The summed E-state index contributed by atoms with van der Waals surface area (Å²) in [6, 6.07) is 50.9. The van der Waals surface area contributed by atoms with Crippen molar-refractivity contribution in [3.63, 3.8) is 0 Å². The second-order valence-corrected chi connectivity index (χ2v) is 27.4. The van der Waals surface area contributed by atoms with E-state index in [1.165, 1.54) is 32.2 Å². The number of rotatable bonds is 8. The van der Waals surface area contributed by atoms with E-state index < -0.39 is 13.3 Å². The first kappa shape index (κ1) is 42.0. The second kappa shape index (κ2) is 17.6. The minimum Gasteiger partial charge on any atom is 0 e. The predicted molar refractivity (Wildman–Crippen MR) is 244 cm³/mol. The molecule has 5 aromatic carbocycles. The summed E-state index contributed by atoms with van der Waals surface area (Å²) in [6.45, 7) is 11.9. The number of pyridine rings is 2. The van der Waals surface area contributed by atoms with E-state index in [0.29, 0.717) is 18.4 Å². The minimum atomic E-state index is -1.72. The Labute approximate surface area is 364 Å². The molecule has 0 aliphatic rings. The molecule has 0 N–H and O–H groups in total. The zero-order chi connectivity index (χ0) is 40.6. The van der Waals surface area contributed by atoms with Gasteiger partial charge in [-0.1, -0.05) is 87.9 Å². The molecule has 299 valence electrons. The van der Waals surface area contributed by atoms with Crippen LogP contribution in [-0.2, 0) is 26.7 Å². The molecule has 7 heteroatoms. The van der Waals surface area contributed by atoms with Gasteiger partial charge in [-0.2, -0.15) is 0 Å². The fraction of sp³-hybridized carbons (Fsp3) is 0.212. The quantitative estimate of drug-likeness (QED) is 0.112. The van der Waals surface area contributed by atoms with Crippen molar-refractivity contribution in [1.29, 1.82) is 0 Å². The third kappa shape index (κ3) is 8.77. The van der Waals surface area contributed by atoms with Gasteiger partial charge in [0.05, 0.1) is 28.0 Å². The first-order chi connectivity index (χ1) is 28.0. The van der Waals surface area contributed by atoms with Gasteiger partial charge in [-0.25, -0.2) is 0 Å². The van der Waals surface area contributed by atoms with Gasteiger partial charge >= 0.3 is 99.8 Å². The molecule has 59 heavy (non-hydrogen) atoms. The van der Waals surface area contributed by atoms with E-state index in [1.807, 2.05) is 61.7 Å². The molecule has 0 spiro atoms. The van der Waals surface area contributed by atoms with Gasteiger partial charge in [0.25, 0.3) is 0 Å². The zero-order valence-corrected chi connectivity index (χ0v) is 39.6. The molecule has 0 aliphatic carbocycles. The molecule has 1 radical (unpaired) electrons. The normalized spacial score (nSPS) is 11.6. The number of para-hydroxylation sites is 2. The summed E-state index contributed by atoms with van der Waals surface area (Å²) in [5.41, 5.74) is 15.0. The Balaban J connectivity index is 0.000000262. The summed E-state index contributed by atoms with van der Waals surface area (Å²) in [5, 5.41) is 0.985. The van der Waals surface area contributed by atoms with Crippen LogP contribution >= 0.6 is 0 Å². The van der Waals surface area contributed by atoms with E-state index in [2.05, 4.69) is 146 Å². The van der Waals surface area contributed by atoms with Gasteiger partial charge in [-0.3, -0.25) is 9.97 Å². The third-order valence-corrected chi connectivity index (χ3v) is 15.1. The number of aromatic nitrogens is 4. The predicted octanol–water partition coefficient (Wildman–Crippen LogP) is 13.2. The van der Waals surface area contributed by atoms with Gasteiger partial charge in [-0.15, -0.1) is 18.2 Å². The zero-order valence-electron chi connectivity index (χ0n) is 35.1. The van der Waals surface area contributed by atoms with Crippen LogP contribution in [0.25, 0.3) is 66.9 Å². The SMILES string of the molecule is Cc1ccc2oc3c(-c4nc5ccccc5n4Cc4c(C(C)C)cc(-c5ccccc5)cc4C(C)C)[c-]ccc3c2n1.[CH3][Ge]([CH3])([CH3])[c]1ccc(-c2[c-]cccc2)nc1.[Ir]. The maximum Gasteiger partial charge on any atom is 0 e. The molecule has 0 atom stereocenters. The molecule has 4 heterocycles. The Morgan fingerprint density at radius 1 is 0.712 bits per heavy atom. The van der Waals surface area contributed by atoms with Crippen molar-refractivity contribution in [3.8, 4) is 33.8 Å². The van der Waals surface area contributed by atoms with Crippen LogP contribution in [0, 0.1) is 19.1 Å². The van der Waals surface area contributed by atoms with Crippen LogP contribution in [0.1, 0.15) is 61.9 Å². The first-order valence-electron chi connectivity index (χ1n) is 20.3. The summed E-state index contributed by atoms with van der Waals surface area (Å²) < 4.78 is 10.2. The molecule has 0 fully saturated rings. The number of fused-ring (bicyclic) bond motifs is 4. The summed E-state index contributed by atoms with van der Waals surface area (Å²) >= 11 is -1.72. The minimum absolute atomic E-state index is 0. The maximum absolute atomic E-state index is 6.44. The first-order valence-corrected chi connectivity index (χ1v) is 27.6. The molecule has 0 bridgehead atoms. The van der Waals surface area contributed by atoms with Crippen LogP contribution in [0.2, 0.25) is 17.3 Å². The fourth-order valence-corrected chi connectivity index (χ4v) is 9.91. The number of hydrogen-bond donors (Lipinski definition) is 0. The molecule has 0 saturated carbocycles. The van der Waals surface area contributed by atoms with E-state index in [4.69, 9.17) is 14.4 Å². The molecule has 0 amide bonds. The molecule has 5 nitrogen and oxygen atoms in total. The summed E-state index contributed by atoms with van der Waals surface area (Å²) in [4.78, 5) is 14.5. The summed E-state index contributed by atoms with van der Waals surface area (Å²) in [7, 11) is 0. The topological polar surface area (TPSA) is 56.7 Å².